The number of aromatic nitrogens is 3. The number of amides is 1. The van der Waals surface area contributed by atoms with E-state index < -0.39 is 0 Å². The minimum atomic E-state index is 0.0931. The van der Waals surface area contributed by atoms with E-state index in [9.17, 15) is 4.79 Å². The first-order chi connectivity index (χ1) is 11.2. The second kappa shape index (κ2) is 7.26. The lowest BCUT2D eigenvalue weighted by Gasteiger charge is -2.32. The van der Waals surface area contributed by atoms with Crippen LogP contribution in [0.25, 0.3) is 0 Å². The fourth-order valence-corrected chi connectivity index (χ4v) is 2.83. The summed E-state index contributed by atoms with van der Waals surface area (Å²) in [7, 11) is 0. The summed E-state index contributed by atoms with van der Waals surface area (Å²) >= 11 is 0. The lowest BCUT2D eigenvalue weighted by Crippen LogP contribution is -2.43. The fourth-order valence-electron chi connectivity index (χ4n) is 2.83. The first-order valence-electron chi connectivity index (χ1n) is 8.02. The van der Waals surface area contributed by atoms with Gasteiger partial charge >= 0.3 is 0 Å². The topological polar surface area (TPSA) is 60.2 Å². The van der Waals surface area contributed by atoms with Gasteiger partial charge in [-0.2, -0.15) is 0 Å². The Morgan fingerprint density at radius 3 is 2.91 bits per heavy atom. The highest BCUT2D eigenvalue weighted by Crippen LogP contribution is 2.19. The van der Waals surface area contributed by atoms with Gasteiger partial charge in [0.1, 0.15) is 12.3 Å². The summed E-state index contributed by atoms with van der Waals surface area (Å²) < 4.78 is 7.43. The summed E-state index contributed by atoms with van der Waals surface area (Å²) in [5.74, 6) is 1.36. The van der Waals surface area contributed by atoms with Gasteiger partial charge in [-0.15, -0.1) is 5.10 Å². The van der Waals surface area contributed by atoms with E-state index in [0.717, 1.165) is 31.7 Å². The van der Waals surface area contributed by atoms with Crippen molar-refractivity contribution in [2.45, 2.75) is 26.3 Å². The predicted octanol–water partition coefficient (Wildman–Crippen LogP) is 1.90. The van der Waals surface area contributed by atoms with Gasteiger partial charge in [0.05, 0.1) is 12.8 Å². The van der Waals surface area contributed by atoms with Gasteiger partial charge in [0.25, 0.3) is 0 Å². The average Bonchev–Trinajstić information content (AvgIpc) is 3.07. The van der Waals surface area contributed by atoms with E-state index in [4.69, 9.17) is 4.74 Å². The van der Waals surface area contributed by atoms with E-state index >= 15 is 0 Å². The second-order valence-electron chi connectivity index (χ2n) is 6.07. The van der Waals surface area contributed by atoms with Crippen LogP contribution in [0, 0.1) is 12.8 Å². The molecule has 0 saturated carbocycles. The number of carbonyl (C=O) groups is 1. The Morgan fingerprint density at radius 1 is 1.35 bits per heavy atom. The van der Waals surface area contributed by atoms with Crippen LogP contribution in [0.5, 0.6) is 5.75 Å². The van der Waals surface area contributed by atoms with Gasteiger partial charge in [0.2, 0.25) is 5.91 Å². The van der Waals surface area contributed by atoms with Gasteiger partial charge in [-0.05, 0) is 31.9 Å². The molecule has 0 radical (unpaired) electrons. The summed E-state index contributed by atoms with van der Waals surface area (Å²) in [6.45, 7) is 4.53. The van der Waals surface area contributed by atoms with E-state index in [1.165, 1.54) is 5.56 Å². The average molecular weight is 314 g/mol. The second-order valence-corrected chi connectivity index (χ2v) is 6.07. The molecule has 2 heterocycles. The Labute approximate surface area is 136 Å². The van der Waals surface area contributed by atoms with Crippen LogP contribution < -0.4 is 4.74 Å². The molecule has 0 aliphatic carbocycles. The number of aryl methyl sites for hydroxylation is 1. The standard InChI is InChI=1S/C17H22N4O2/c1-14-4-6-16(7-5-14)23-13-15-3-2-9-20(11-15)17(22)12-21-10-8-18-19-21/h4-8,10,15H,2-3,9,11-13H2,1H3. The number of rotatable bonds is 5. The van der Waals surface area contributed by atoms with Crippen LogP contribution in [-0.2, 0) is 11.3 Å². The van der Waals surface area contributed by atoms with Crippen molar-refractivity contribution < 1.29 is 9.53 Å². The minimum absolute atomic E-state index is 0.0931. The van der Waals surface area contributed by atoms with E-state index in [-0.39, 0.29) is 12.5 Å². The molecule has 0 spiro atoms. The molecular weight excluding hydrogens is 292 g/mol. The zero-order valence-corrected chi connectivity index (χ0v) is 13.4. The normalized spacial score (nSPS) is 18.0. The number of nitrogens with zero attached hydrogens (tertiary/aromatic N) is 4. The van der Waals surface area contributed by atoms with Crippen molar-refractivity contribution in [2.24, 2.45) is 5.92 Å². The Morgan fingerprint density at radius 2 is 2.17 bits per heavy atom. The molecule has 1 saturated heterocycles. The number of likely N-dealkylation sites (tertiary alicyclic amines) is 1. The third kappa shape index (κ3) is 4.31. The molecule has 122 valence electrons. The molecule has 2 aromatic rings. The maximum atomic E-state index is 12.3. The molecule has 1 unspecified atom stereocenters. The molecule has 3 rings (SSSR count). The van der Waals surface area contributed by atoms with Gasteiger partial charge in [-0.1, -0.05) is 22.9 Å². The SMILES string of the molecule is Cc1ccc(OCC2CCCN(C(=O)Cn3ccnn3)C2)cc1. The van der Waals surface area contributed by atoms with Crippen LogP contribution in [-0.4, -0.2) is 45.5 Å². The fraction of sp³-hybridized carbons (Fsp3) is 0.471. The largest absolute Gasteiger partial charge is 0.493 e. The zero-order valence-electron chi connectivity index (χ0n) is 13.4. The maximum Gasteiger partial charge on any atom is 0.244 e. The van der Waals surface area contributed by atoms with Crippen LogP contribution in [0.2, 0.25) is 0 Å². The van der Waals surface area contributed by atoms with E-state index in [1.54, 1.807) is 17.1 Å². The van der Waals surface area contributed by atoms with Crippen LogP contribution in [0.4, 0.5) is 0 Å². The number of hydrogen-bond acceptors (Lipinski definition) is 4. The van der Waals surface area contributed by atoms with Crippen molar-refractivity contribution in [1.29, 1.82) is 0 Å². The summed E-state index contributed by atoms with van der Waals surface area (Å²) in [6, 6.07) is 8.08. The number of piperidine rings is 1. The van der Waals surface area contributed by atoms with Crippen LogP contribution >= 0.6 is 0 Å². The smallest absolute Gasteiger partial charge is 0.244 e. The molecule has 1 aliphatic rings. The molecule has 1 fully saturated rings. The molecule has 6 heteroatoms. The first-order valence-corrected chi connectivity index (χ1v) is 8.02. The highest BCUT2D eigenvalue weighted by Gasteiger charge is 2.24. The first kappa shape index (κ1) is 15.5. The van der Waals surface area contributed by atoms with Crippen molar-refractivity contribution in [3.63, 3.8) is 0 Å². The van der Waals surface area contributed by atoms with Crippen molar-refractivity contribution in [2.75, 3.05) is 19.7 Å². The minimum Gasteiger partial charge on any atom is -0.493 e. The molecule has 23 heavy (non-hydrogen) atoms. The highest BCUT2D eigenvalue weighted by atomic mass is 16.5. The molecule has 1 amide bonds. The van der Waals surface area contributed by atoms with Gasteiger partial charge in [-0.25, -0.2) is 4.68 Å². The Hall–Kier alpha value is -2.37. The quantitative estimate of drug-likeness (QED) is 0.846. The van der Waals surface area contributed by atoms with E-state index in [0.29, 0.717) is 12.5 Å². The molecular formula is C17H22N4O2. The van der Waals surface area contributed by atoms with Crippen LogP contribution in [0.1, 0.15) is 18.4 Å². The van der Waals surface area contributed by atoms with Crippen molar-refractivity contribution in [3.8, 4) is 5.75 Å². The van der Waals surface area contributed by atoms with E-state index in [2.05, 4.69) is 17.2 Å². The van der Waals surface area contributed by atoms with Crippen LogP contribution in [0.3, 0.4) is 0 Å². The van der Waals surface area contributed by atoms with Crippen molar-refractivity contribution in [1.82, 2.24) is 19.9 Å². The Kier molecular flexibility index (Phi) is 4.90. The molecule has 1 aliphatic heterocycles. The van der Waals surface area contributed by atoms with Crippen molar-refractivity contribution >= 4 is 5.91 Å². The molecule has 1 atom stereocenters. The lowest BCUT2D eigenvalue weighted by molar-refractivity contribution is -0.134. The Balaban J connectivity index is 1.49. The third-order valence-corrected chi connectivity index (χ3v) is 4.15. The van der Waals surface area contributed by atoms with Gasteiger partial charge < -0.3 is 9.64 Å². The van der Waals surface area contributed by atoms with Gasteiger partial charge in [-0.3, -0.25) is 4.79 Å². The summed E-state index contributed by atoms with van der Waals surface area (Å²) in [5, 5.41) is 7.57. The molecule has 0 bridgehead atoms. The third-order valence-electron chi connectivity index (χ3n) is 4.15. The van der Waals surface area contributed by atoms with Gasteiger partial charge in [0, 0.05) is 25.2 Å². The maximum absolute atomic E-state index is 12.3. The Bertz CT molecular complexity index is 625. The summed E-state index contributed by atoms with van der Waals surface area (Å²) in [4.78, 5) is 14.2. The summed E-state index contributed by atoms with van der Waals surface area (Å²) in [6.07, 6.45) is 5.41. The van der Waals surface area contributed by atoms with E-state index in [1.807, 2.05) is 29.2 Å². The summed E-state index contributed by atoms with van der Waals surface area (Å²) in [5.41, 5.74) is 1.22. The van der Waals surface area contributed by atoms with Gasteiger partial charge in [0.15, 0.2) is 0 Å². The number of benzene rings is 1. The van der Waals surface area contributed by atoms with Crippen molar-refractivity contribution in [3.05, 3.63) is 42.2 Å². The molecule has 1 aromatic heterocycles. The lowest BCUT2D eigenvalue weighted by atomic mass is 9.99. The monoisotopic (exact) mass is 314 g/mol. The molecule has 1 aromatic carbocycles. The highest BCUT2D eigenvalue weighted by molar-refractivity contribution is 5.76. The zero-order chi connectivity index (χ0) is 16.1. The predicted molar refractivity (Wildman–Crippen MR) is 86.0 cm³/mol. The molecule has 0 N–H and O–H groups in total. The molecule has 6 nitrogen and oxygen atoms in total. The number of carbonyl (C=O) groups excluding carboxylic acids is 1. The van der Waals surface area contributed by atoms with Crippen LogP contribution in [0.15, 0.2) is 36.7 Å². The number of hydrogen-bond donors (Lipinski definition) is 0. The number of ether oxygens (including phenoxy) is 1.